The number of methoxy groups -OCH3 is 1. The first-order chi connectivity index (χ1) is 12.5. The van der Waals surface area contributed by atoms with E-state index in [9.17, 15) is 4.79 Å². The van der Waals surface area contributed by atoms with E-state index in [1.54, 1.807) is 13.3 Å². The summed E-state index contributed by atoms with van der Waals surface area (Å²) in [7, 11) is 1.67. The molecule has 7 nitrogen and oxygen atoms in total. The molecule has 8 heteroatoms. The van der Waals surface area contributed by atoms with Gasteiger partial charge < -0.3 is 20.3 Å². The number of rotatable bonds is 9. The zero-order valence-electron chi connectivity index (χ0n) is 17.4. The predicted octanol–water partition coefficient (Wildman–Crippen LogP) is 2.64. The number of nitrogens with one attached hydrogen (secondary N) is 2. The fourth-order valence-corrected chi connectivity index (χ4v) is 2.75. The lowest BCUT2D eigenvalue weighted by Crippen LogP contribution is -2.40. The van der Waals surface area contributed by atoms with E-state index in [4.69, 9.17) is 4.74 Å². The summed E-state index contributed by atoms with van der Waals surface area (Å²) >= 11 is 0. The van der Waals surface area contributed by atoms with Crippen molar-refractivity contribution in [3.63, 3.8) is 0 Å². The summed E-state index contributed by atoms with van der Waals surface area (Å²) in [5.74, 6) is 1.69. The molecular weight excluding hydrogens is 457 g/mol. The van der Waals surface area contributed by atoms with Gasteiger partial charge in [-0.2, -0.15) is 0 Å². The largest absolute Gasteiger partial charge is 0.496 e. The molecule has 2 N–H and O–H groups in total. The van der Waals surface area contributed by atoms with E-state index in [1.165, 1.54) is 0 Å². The first kappa shape index (κ1) is 25.4. The summed E-state index contributed by atoms with van der Waals surface area (Å²) in [5.41, 5.74) is 2.89. The molecule has 0 aliphatic carbocycles. The van der Waals surface area contributed by atoms with E-state index in [0.717, 1.165) is 42.2 Å². The first-order valence-electron chi connectivity index (χ1n) is 9.27. The quantitative estimate of drug-likeness (QED) is 0.316. The molecule has 0 aliphatic rings. The molecule has 154 valence electrons. The number of aromatic nitrogens is 1. The molecule has 0 saturated carbocycles. The zero-order chi connectivity index (χ0) is 19.5. The van der Waals surface area contributed by atoms with Crippen LogP contribution in [0, 0.1) is 13.8 Å². The number of carbonyl (C=O) groups is 1. The van der Waals surface area contributed by atoms with Crippen molar-refractivity contribution in [2.75, 3.05) is 33.3 Å². The van der Waals surface area contributed by atoms with Crippen LogP contribution in [0.15, 0.2) is 11.2 Å². The van der Waals surface area contributed by atoms with E-state index in [1.807, 2.05) is 39.5 Å². The SMILES string of the molecule is CCNC(=NCc1ncc(C)c(OC)c1C)NCCC(=O)N(CC)CC.I. The summed E-state index contributed by atoms with van der Waals surface area (Å²) in [5, 5.41) is 6.41. The minimum atomic E-state index is 0. The molecule has 0 atom stereocenters. The third-order valence-corrected chi connectivity index (χ3v) is 4.23. The molecule has 0 aromatic carbocycles. The number of carbonyl (C=O) groups excluding carboxylic acids is 1. The van der Waals surface area contributed by atoms with Crippen LogP contribution in [0.1, 0.15) is 44.0 Å². The molecular formula is C19H34IN5O2. The van der Waals surface area contributed by atoms with E-state index in [2.05, 4.69) is 20.6 Å². The van der Waals surface area contributed by atoms with Gasteiger partial charge in [0.2, 0.25) is 5.91 Å². The second kappa shape index (κ2) is 13.6. The lowest BCUT2D eigenvalue weighted by molar-refractivity contribution is -0.130. The van der Waals surface area contributed by atoms with Crippen LogP contribution < -0.4 is 15.4 Å². The smallest absolute Gasteiger partial charge is 0.224 e. The summed E-state index contributed by atoms with van der Waals surface area (Å²) in [6.07, 6.45) is 2.25. The summed E-state index contributed by atoms with van der Waals surface area (Å²) in [6.45, 7) is 13.2. The maximum absolute atomic E-state index is 12.1. The van der Waals surface area contributed by atoms with E-state index in [-0.39, 0.29) is 29.9 Å². The zero-order valence-corrected chi connectivity index (χ0v) is 19.7. The Morgan fingerprint density at radius 3 is 2.44 bits per heavy atom. The van der Waals surface area contributed by atoms with Crippen LogP contribution in [0.5, 0.6) is 5.75 Å². The van der Waals surface area contributed by atoms with E-state index >= 15 is 0 Å². The molecule has 1 aromatic heterocycles. The highest BCUT2D eigenvalue weighted by Gasteiger charge is 2.11. The van der Waals surface area contributed by atoms with Crippen LogP contribution in [0.3, 0.4) is 0 Å². The maximum Gasteiger partial charge on any atom is 0.224 e. The molecule has 1 aromatic rings. The Hall–Kier alpha value is -1.58. The van der Waals surface area contributed by atoms with Crippen molar-refractivity contribution in [1.29, 1.82) is 0 Å². The number of halogens is 1. The van der Waals surface area contributed by atoms with Crippen molar-refractivity contribution in [2.24, 2.45) is 4.99 Å². The van der Waals surface area contributed by atoms with Crippen molar-refractivity contribution in [3.8, 4) is 5.75 Å². The lowest BCUT2D eigenvalue weighted by atomic mass is 10.1. The number of hydrogen-bond acceptors (Lipinski definition) is 4. The molecule has 27 heavy (non-hydrogen) atoms. The van der Waals surface area contributed by atoms with Gasteiger partial charge in [-0.3, -0.25) is 9.78 Å². The number of guanidine groups is 1. The van der Waals surface area contributed by atoms with Gasteiger partial charge >= 0.3 is 0 Å². The molecule has 0 bridgehead atoms. The van der Waals surface area contributed by atoms with Crippen molar-refractivity contribution >= 4 is 35.8 Å². The van der Waals surface area contributed by atoms with Gasteiger partial charge in [0.15, 0.2) is 5.96 Å². The summed E-state index contributed by atoms with van der Waals surface area (Å²) < 4.78 is 5.44. The third-order valence-electron chi connectivity index (χ3n) is 4.23. The average molecular weight is 491 g/mol. The fraction of sp³-hybridized carbons (Fsp3) is 0.632. The number of ether oxygens (including phenoxy) is 1. The number of hydrogen-bond donors (Lipinski definition) is 2. The minimum absolute atomic E-state index is 0. The fourth-order valence-electron chi connectivity index (χ4n) is 2.75. The van der Waals surface area contributed by atoms with Gasteiger partial charge in [-0.25, -0.2) is 4.99 Å². The Morgan fingerprint density at radius 2 is 1.89 bits per heavy atom. The van der Waals surface area contributed by atoms with Crippen molar-refractivity contribution in [3.05, 3.63) is 23.0 Å². The highest BCUT2D eigenvalue weighted by molar-refractivity contribution is 14.0. The molecule has 1 heterocycles. The van der Waals surface area contributed by atoms with Crippen molar-refractivity contribution in [1.82, 2.24) is 20.5 Å². The second-order valence-corrected chi connectivity index (χ2v) is 5.98. The summed E-state index contributed by atoms with van der Waals surface area (Å²) in [4.78, 5) is 23.0. The van der Waals surface area contributed by atoms with Gasteiger partial charge in [-0.15, -0.1) is 24.0 Å². The third kappa shape index (κ3) is 7.90. The highest BCUT2D eigenvalue weighted by atomic mass is 127. The minimum Gasteiger partial charge on any atom is -0.496 e. The molecule has 0 aliphatic heterocycles. The van der Waals surface area contributed by atoms with Gasteiger partial charge in [0, 0.05) is 49.9 Å². The lowest BCUT2D eigenvalue weighted by Gasteiger charge is -2.19. The topological polar surface area (TPSA) is 78.9 Å². The van der Waals surface area contributed by atoms with Crippen molar-refractivity contribution in [2.45, 2.75) is 47.6 Å². The molecule has 0 fully saturated rings. The Morgan fingerprint density at radius 1 is 1.22 bits per heavy atom. The van der Waals surface area contributed by atoms with Crippen molar-refractivity contribution < 1.29 is 9.53 Å². The Kier molecular flexibility index (Phi) is 12.8. The van der Waals surface area contributed by atoms with Crippen LogP contribution in [-0.4, -0.2) is 55.0 Å². The van der Waals surface area contributed by atoms with Crippen LogP contribution >= 0.6 is 24.0 Å². The summed E-state index contributed by atoms with van der Waals surface area (Å²) in [6, 6.07) is 0. The number of amides is 1. The number of nitrogens with zero attached hydrogens (tertiary/aromatic N) is 3. The highest BCUT2D eigenvalue weighted by Crippen LogP contribution is 2.24. The van der Waals surface area contributed by atoms with Gasteiger partial charge in [0.1, 0.15) is 5.75 Å². The van der Waals surface area contributed by atoms with E-state index < -0.39 is 0 Å². The molecule has 0 unspecified atom stereocenters. The normalized spacial score (nSPS) is 10.8. The molecule has 1 amide bonds. The number of aryl methyl sites for hydroxylation is 1. The van der Waals surface area contributed by atoms with Gasteiger partial charge in [-0.05, 0) is 34.6 Å². The van der Waals surface area contributed by atoms with E-state index in [0.29, 0.717) is 25.5 Å². The molecule has 0 saturated heterocycles. The van der Waals surface area contributed by atoms with Gasteiger partial charge in [0.05, 0.1) is 19.3 Å². The Bertz CT molecular complexity index is 618. The molecule has 0 radical (unpaired) electrons. The van der Waals surface area contributed by atoms with Crippen LogP contribution in [0.25, 0.3) is 0 Å². The monoisotopic (exact) mass is 491 g/mol. The Balaban J connectivity index is 0.00000676. The van der Waals surface area contributed by atoms with Crippen LogP contribution in [-0.2, 0) is 11.3 Å². The van der Waals surface area contributed by atoms with Gasteiger partial charge in [-0.1, -0.05) is 0 Å². The molecule has 0 spiro atoms. The van der Waals surface area contributed by atoms with Crippen LogP contribution in [0.4, 0.5) is 0 Å². The average Bonchev–Trinajstić information content (AvgIpc) is 2.62. The second-order valence-electron chi connectivity index (χ2n) is 5.98. The number of aliphatic imine (C=N–C) groups is 1. The number of pyridine rings is 1. The predicted molar refractivity (Wildman–Crippen MR) is 121 cm³/mol. The standard InChI is InChI=1S/C19H33N5O2.HI/c1-7-20-19(21-11-10-17(25)24(8-2)9-3)23-13-16-15(5)18(26-6)14(4)12-22-16;/h12H,7-11,13H2,1-6H3,(H2,20,21,23);1H. The first-order valence-corrected chi connectivity index (χ1v) is 9.27. The maximum atomic E-state index is 12.1. The Labute approximate surface area is 180 Å². The molecule has 1 rings (SSSR count). The van der Waals surface area contributed by atoms with Crippen LogP contribution in [0.2, 0.25) is 0 Å². The van der Waals surface area contributed by atoms with Gasteiger partial charge in [0.25, 0.3) is 0 Å².